The lowest BCUT2D eigenvalue weighted by molar-refractivity contribution is 0.487. The molecule has 1 atom stereocenters. The summed E-state index contributed by atoms with van der Waals surface area (Å²) in [7, 11) is 1.83. The first-order valence-corrected chi connectivity index (χ1v) is 7.50. The minimum atomic E-state index is -0.796. The van der Waals surface area contributed by atoms with Crippen LogP contribution in [0.2, 0.25) is 0 Å². The number of halogens is 3. The summed E-state index contributed by atoms with van der Waals surface area (Å²) in [6.45, 7) is 2.02. The molecule has 1 aromatic carbocycles. The van der Waals surface area contributed by atoms with Crippen molar-refractivity contribution in [3.05, 3.63) is 55.7 Å². The molecule has 1 heterocycles. The molecule has 2 rings (SSSR count). The molecule has 0 radical (unpaired) electrons. The summed E-state index contributed by atoms with van der Waals surface area (Å²) in [6.07, 6.45) is 0.421. The monoisotopic (exact) mass is 345 g/mol. The number of nitrogens with one attached hydrogen (secondary N) is 1. The number of hydrogen-bond donors (Lipinski definition) is 1. The van der Waals surface area contributed by atoms with E-state index in [2.05, 4.69) is 21.2 Å². The average molecular weight is 346 g/mol. The average Bonchev–Trinajstić information content (AvgIpc) is 2.70. The second kappa shape index (κ2) is 6.11. The van der Waals surface area contributed by atoms with Crippen molar-refractivity contribution >= 4 is 27.3 Å². The highest BCUT2D eigenvalue weighted by Crippen LogP contribution is 2.32. The lowest BCUT2D eigenvalue weighted by Crippen LogP contribution is -2.19. The van der Waals surface area contributed by atoms with Crippen molar-refractivity contribution in [3.63, 3.8) is 0 Å². The molecule has 0 bridgehead atoms. The second-order valence-electron chi connectivity index (χ2n) is 4.32. The Morgan fingerprint density at radius 3 is 2.68 bits per heavy atom. The molecule has 1 nitrogen and oxygen atoms in total. The highest BCUT2D eigenvalue weighted by atomic mass is 79.9. The first-order valence-electron chi connectivity index (χ1n) is 5.89. The molecule has 19 heavy (non-hydrogen) atoms. The molecule has 0 fully saturated rings. The van der Waals surface area contributed by atoms with Crippen LogP contribution in [0.5, 0.6) is 0 Å². The van der Waals surface area contributed by atoms with Gasteiger partial charge < -0.3 is 5.32 Å². The molecule has 5 heteroatoms. The lowest BCUT2D eigenvalue weighted by atomic mass is 9.99. The van der Waals surface area contributed by atoms with Crippen LogP contribution in [0.3, 0.4) is 0 Å². The summed E-state index contributed by atoms with van der Waals surface area (Å²) in [5.74, 6) is -1.55. The van der Waals surface area contributed by atoms with Crippen LogP contribution in [0.1, 0.15) is 22.0 Å². The molecule has 0 spiro atoms. The summed E-state index contributed by atoms with van der Waals surface area (Å²) in [5, 5.41) is 3.16. The molecule has 1 N–H and O–H groups in total. The fourth-order valence-corrected chi connectivity index (χ4v) is 3.87. The fraction of sp³-hybridized carbons (Fsp3) is 0.286. The van der Waals surface area contributed by atoms with Crippen molar-refractivity contribution in [1.29, 1.82) is 0 Å². The third-order valence-corrected chi connectivity index (χ3v) is 4.67. The largest absolute Gasteiger partial charge is 0.313 e. The lowest BCUT2D eigenvalue weighted by Gasteiger charge is -2.17. The van der Waals surface area contributed by atoms with E-state index < -0.39 is 11.6 Å². The maximum absolute atomic E-state index is 13.7. The van der Waals surface area contributed by atoms with Gasteiger partial charge in [0.2, 0.25) is 0 Å². The topological polar surface area (TPSA) is 12.0 Å². The molecule has 0 aliphatic carbocycles. The van der Waals surface area contributed by atoms with E-state index in [9.17, 15) is 8.78 Å². The molecule has 0 saturated heterocycles. The third-order valence-electron chi connectivity index (χ3n) is 3.11. The highest BCUT2D eigenvalue weighted by molar-refractivity contribution is 9.11. The number of rotatable bonds is 4. The minimum Gasteiger partial charge on any atom is -0.313 e. The Morgan fingerprint density at radius 1 is 1.37 bits per heavy atom. The Balaban J connectivity index is 2.29. The maximum Gasteiger partial charge on any atom is 0.162 e. The molecule has 0 aliphatic heterocycles. The van der Waals surface area contributed by atoms with Crippen molar-refractivity contribution in [1.82, 2.24) is 5.32 Å². The summed E-state index contributed by atoms with van der Waals surface area (Å²) in [5.41, 5.74) is 1.50. The van der Waals surface area contributed by atoms with Gasteiger partial charge in [-0.05, 0) is 59.6 Å². The zero-order valence-corrected chi connectivity index (χ0v) is 13.0. The Kier molecular flexibility index (Phi) is 4.71. The Morgan fingerprint density at radius 2 is 2.11 bits per heavy atom. The number of thiophene rings is 1. The maximum atomic E-state index is 13.7. The van der Waals surface area contributed by atoms with Crippen LogP contribution < -0.4 is 5.32 Å². The van der Waals surface area contributed by atoms with E-state index in [-0.39, 0.29) is 6.04 Å². The second-order valence-corrected chi connectivity index (χ2v) is 6.96. The standard InChI is InChI=1S/C14H14BrF2NS/c1-8-10(7-13(15)19-8)12(18-2)6-9-4-3-5-11(16)14(9)17/h3-5,7,12,18H,6H2,1-2H3. The number of hydrogen-bond acceptors (Lipinski definition) is 2. The Bertz CT molecular complexity index is 583. The predicted molar refractivity (Wildman–Crippen MR) is 78.6 cm³/mol. The third kappa shape index (κ3) is 3.22. The van der Waals surface area contributed by atoms with Gasteiger partial charge in [-0.15, -0.1) is 11.3 Å². The van der Waals surface area contributed by atoms with Gasteiger partial charge in [0, 0.05) is 10.9 Å². The normalized spacial score (nSPS) is 12.7. The number of benzene rings is 1. The summed E-state index contributed by atoms with van der Waals surface area (Å²) >= 11 is 5.09. The Hall–Kier alpha value is -0.780. The van der Waals surface area contributed by atoms with Gasteiger partial charge in [0.05, 0.1) is 3.79 Å². The van der Waals surface area contributed by atoms with Crippen molar-refractivity contribution in [3.8, 4) is 0 Å². The van der Waals surface area contributed by atoms with Crippen LogP contribution in [-0.2, 0) is 6.42 Å². The summed E-state index contributed by atoms with van der Waals surface area (Å²) in [6, 6.07) is 6.30. The molecule has 1 unspecified atom stereocenters. The van der Waals surface area contributed by atoms with Gasteiger partial charge in [-0.2, -0.15) is 0 Å². The summed E-state index contributed by atoms with van der Waals surface area (Å²) < 4.78 is 28.0. The van der Waals surface area contributed by atoms with Crippen LogP contribution in [-0.4, -0.2) is 7.05 Å². The molecule has 0 aliphatic rings. The minimum absolute atomic E-state index is 0.0288. The predicted octanol–water partition coefficient (Wildman–Crippen LogP) is 4.60. The quantitative estimate of drug-likeness (QED) is 0.853. The van der Waals surface area contributed by atoms with E-state index in [1.165, 1.54) is 10.9 Å². The van der Waals surface area contributed by atoms with E-state index in [1.807, 2.05) is 20.0 Å². The van der Waals surface area contributed by atoms with Gasteiger partial charge in [0.1, 0.15) is 0 Å². The SMILES string of the molecule is CNC(Cc1cccc(F)c1F)c1cc(Br)sc1C. The van der Waals surface area contributed by atoms with Crippen molar-refractivity contribution < 1.29 is 8.78 Å². The molecule has 1 aromatic heterocycles. The van der Waals surface area contributed by atoms with Gasteiger partial charge in [0.15, 0.2) is 11.6 Å². The molecule has 102 valence electrons. The number of likely N-dealkylation sites (N-methyl/N-ethyl adjacent to an activating group) is 1. The molecule has 2 aromatic rings. The van der Waals surface area contributed by atoms with Crippen molar-refractivity contribution in [2.24, 2.45) is 0 Å². The van der Waals surface area contributed by atoms with E-state index in [0.717, 1.165) is 15.4 Å². The van der Waals surface area contributed by atoms with Crippen LogP contribution in [0.25, 0.3) is 0 Å². The highest BCUT2D eigenvalue weighted by Gasteiger charge is 2.18. The van der Waals surface area contributed by atoms with Gasteiger partial charge in [-0.3, -0.25) is 0 Å². The zero-order valence-electron chi connectivity index (χ0n) is 10.6. The van der Waals surface area contributed by atoms with Crippen LogP contribution in [0.4, 0.5) is 8.78 Å². The van der Waals surface area contributed by atoms with Crippen molar-refractivity contribution in [2.45, 2.75) is 19.4 Å². The van der Waals surface area contributed by atoms with Crippen molar-refractivity contribution in [2.75, 3.05) is 7.05 Å². The zero-order chi connectivity index (χ0) is 14.0. The van der Waals surface area contributed by atoms with E-state index in [1.54, 1.807) is 17.4 Å². The Labute approximate surface area is 123 Å². The molecular weight excluding hydrogens is 332 g/mol. The first kappa shape index (κ1) is 14.6. The van der Waals surface area contributed by atoms with E-state index >= 15 is 0 Å². The van der Waals surface area contributed by atoms with Crippen LogP contribution in [0.15, 0.2) is 28.1 Å². The van der Waals surface area contributed by atoms with Gasteiger partial charge in [-0.25, -0.2) is 8.78 Å². The van der Waals surface area contributed by atoms with E-state index in [0.29, 0.717) is 12.0 Å². The molecule has 0 amide bonds. The molecular formula is C14H14BrF2NS. The summed E-state index contributed by atoms with van der Waals surface area (Å²) in [4.78, 5) is 1.17. The van der Waals surface area contributed by atoms with Gasteiger partial charge >= 0.3 is 0 Å². The molecule has 0 saturated carbocycles. The van der Waals surface area contributed by atoms with Gasteiger partial charge in [0.25, 0.3) is 0 Å². The van der Waals surface area contributed by atoms with E-state index in [4.69, 9.17) is 0 Å². The first-order chi connectivity index (χ1) is 9.02. The number of aryl methyl sites for hydroxylation is 1. The van der Waals surface area contributed by atoms with Gasteiger partial charge in [-0.1, -0.05) is 12.1 Å². The fourth-order valence-electron chi connectivity index (χ4n) is 2.10. The van der Waals surface area contributed by atoms with Crippen LogP contribution >= 0.6 is 27.3 Å². The van der Waals surface area contributed by atoms with Crippen LogP contribution in [0, 0.1) is 18.6 Å². The smallest absolute Gasteiger partial charge is 0.162 e.